The third-order valence-electron chi connectivity index (χ3n) is 3.10. The SMILES string of the molecule is Cc1csc(/C(C#N)=C/c2ccc(-c3cccc(Cl)c3Cl)o2)n1. The van der Waals surface area contributed by atoms with Crippen molar-refractivity contribution < 1.29 is 4.42 Å². The van der Waals surface area contributed by atoms with Gasteiger partial charge in [0, 0.05) is 22.7 Å². The van der Waals surface area contributed by atoms with E-state index in [0.29, 0.717) is 37.7 Å². The third kappa shape index (κ3) is 3.32. The van der Waals surface area contributed by atoms with Gasteiger partial charge in [0.25, 0.3) is 0 Å². The number of nitriles is 1. The van der Waals surface area contributed by atoms with Crippen molar-refractivity contribution in [2.24, 2.45) is 0 Å². The molecule has 114 valence electrons. The fourth-order valence-electron chi connectivity index (χ4n) is 2.03. The van der Waals surface area contributed by atoms with Crippen LogP contribution < -0.4 is 0 Å². The van der Waals surface area contributed by atoms with Crippen LogP contribution >= 0.6 is 34.5 Å². The molecule has 0 amide bonds. The topological polar surface area (TPSA) is 49.8 Å². The van der Waals surface area contributed by atoms with Crippen molar-refractivity contribution in [1.82, 2.24) is 4.98 Å². The zero-order chi connectivity index (χ0) is 16.4. The Hall–Kier alpha value is -2.06. The Morgan fingerprint density at radius 3 is 2.83 bits per heavy atom. The molecule has 1 aromatic carbocycles. The molecule has 0 fully saturated rings. The first kappa shape index (κ1) is 15.8. The standard InChI is InChI=1S/C17H10Cl2N2OS/c1-10-9-23-17(21-10)11(8-20)7-12-5-6-15(22-12)13-3-2-4-14(18)16(13)19/h2-7,9H,1H3/b11-7+. The van der Waals surface area contributed by atoms with Gasteiger partial charge in [-0.2, -0.15) is 5.26 Å². The van der Waals surface area contributed by atoms with Crippen molar-refractivity contribution in [3.63, 3.8) is 0 Å². The molecule has 0 aliphatic rings. The molecule has 6 heteroatoms. The number of hydrogen-bond donors (Lipinski definition) is 0. The number of halogens is 2. The number of furan rings is 1. The summed E-state index contributed by atoms with van der Waals surface area (Å²) in [6, 6.07) is 11.1. The van der Waals surface area contributed by atoms with Crippen molar-refractivity contribution in [3.8, 4) is 17.4 Å². The second-order valence-electron chi connectivity index (χ2n) is 4.77. The van der Waals surface area contributed by atoms with E-state index >= 15 is 0 Å². The molecule has 3 nitrogen and oxygen atoms in total. The monoisotopic (exact) mass is 360 g/mol. The molecule has 0 aliphatic heterocycles. The zero-order valence-corrected chi connectivity index (χ0v) is 14.3. The van der Waals surface area contributed by atoms with Gasteiger partial charge in [0.15, 0.2) is 0 Å². The van der Waals surface area contributed by atoms with E-state index in [9.17, 15) is 5.26 Å². The largest absolute Gasteiger partial charge is 0.457 e. The highest BCUT2D eigenvalue weighted by Gasteiger charge is 2.12. The molecule has 0 aliphatic carbocycles. The Kier molecular flexibility index (Phi) is 4.53. The normalized spacial score (nSPS) is 11.5. The lowest BCUT2D eigenvalue weighted by Crippen LogP contribution is -1.80. The summed E-state index contributed by atoms with van der Waals surface area (Å²) in [5.74, 6) is 1.15. The molecular formula is C17H10Cl2N2OS. The van der Waals surface area contributed by atoms with Crippen molar-refractivity contribution in [3.05, 3.63) is 62.2 Å². The maximum absolute atomic E-state index is 9.32. The Labute approximate surface area is 147 Å². The minimum atomic E-state index is 0.440. The van der Waals surface area contributed by atoms with Gasteiger partial charge in [0.1, 0.15) is 22.6 Å². The highest BCUT2D eigenvalue weighted by atomic mass is 35.5. The lowest BCUT2D eigenvalue weighted by molar-refractivity contribution is 0.572. The summed E-state index contributed by atoms with van der Waals surface area (Å²) >= 11 is 13.7. The van der Waals surface area contributed by atoms with Crippen LogP contribution in [-0.4, -0.2) is 4.98 Å². The number of allylic oxidation sites excluding steroid dienone is 1. The fraction of sp³-hybridized carbons (Fsp3) is 0.0588. The maximum Gasteiger partial charge on any atom is 0.136 e. The number of hydrogen-bond acceptors (Lipinski definition) is 4. The smallest absolute Gasteiger partial charge is 0.136 e. The molecule has 3 aromatic rings. The molecule has 0 atom stereocenters. The highest BCUT2D eigenvalue weighted by molar-refractivity contribution is 7.11. The lowest BCUT2D eigenvalue weighted by atomic mass is 10.2. The Bertz CT molecular complexity index is 934. The zero-order valence-electron chi connectivity index (χ0n) is 12.0. The van der Waals surface area contributed by atoms with Crippen LogP contribution in [0.15, 0.2) is 40.1 Å². The molecule has 0 radical (unpaired) electrons. The van der Waals surface area contributed by atoms with Crippen LogP contribution in [0, 0.1) is 18.3 Å². The summed E-state index contributed by atoms with van der Waals surface area (Å²) < 4.78 is 5.77. The van der Waals surface area contributed by atoms with Crippen LogP contribution in [-0.2, 0) is 0 Å². The van der Waals surface area contributed by atoms with E-state index in [2.05, 4.69) is 11.1 Å². The number of benzene rings is 1. The van der Waals surface area contributed by atoms with Gasteiger partial charge >= 0.3 is 0 Å². The van der Waals surface area contributed by atoms with Crippen LogP contribution in [0.2, 0.25) is 10.0 Å². The molecular weight excluding hydrogens is 351 g/mol. The fourth-order valence-corrected chi connectivity index (χ4v) is 3.19. The van der Waals surface area contributed by atoms with Crippen LogP contribution in [0.4, 0.5) is 0 Å². The van der Waals surface area contributed by atoms with E-state index in [1.54, 1.807) is 30.3 Å². The van der Waals surface area contributed by atoms with Gasteiger partial charge in [0.2, 0.25) is 0 Å². The molecule has 0 saturated heterocycles. The van der Waals surface area contributed by atoms with Crippen molar-refractivity contribution in [2.45, 2.75) is 6.92 Å². The van der Waals surface area contributed by atoms with E-state index in [4.69, 9.17) is 27.6 Å². The summed E-state index contributed by atoms with van der Waals surface area (Å²) in [6.45, 7) is 1.89. The molecule has 0 spiro atoms. The molecule has 3 rings (SSSR count). The van der Waals surface area contributed by atoms with E-state index in [1.165, 1.54) is 11.3 Å². The van der Waals surface area contributed by atoms with Crippen LogP contribution in [0.3, 0.4) is 0 Å². The maximum atomic E-state index is 9.32. The van der Waals surface area contributed by atoms with Crippen LogP contribution in [0.5, 0.6) is 0 Å². The lowest BCUT2D eigenvalue weighted by Gasteiger charge is -2.01. The summed E-state index contributed by atoms with van der Waals surface area (Å²) in [5, 5.41) is 12.8. The minimum Gasteiger partial charge on any atom is -0.457 e. The van der Waals surface area contributed by atoms with Gasteiger partial charge in [-0.25, -0.2) is 4.98 Å². The Morgan fingerprint density at radius 1 is 1.30 bits per heavy atom. The number of nitrogens with zero attached hydrogens (tertiary/aromatic N) is 2. The van der Waals surface area contributed by atoms with Crippen LogP contribution in [0.1, 0.15) is 16.5 Å². The molecule has 2 aromatic heterocycles. The molecule has 0 N–H and O–H groups in total. The average molecular weight is 361 g/mol. The predicted octanol–water partition coefficient (Wildman–Crippen LogP) is 6.08. The quantitative estimate of drug-likeness (QED) is 0.531. The summed E-state index contributed by atoms with van der Waals surface area (Å²) in [4.78, 5) is 4.32. The van der Waals surface area contributed by atoms with E-state index in [0.717, 1.165) is 5.69 Å². The van der Waals surface area contributed by atoms with Crippen molar-refractivity contribution >= 4 is 46.2 Å². The van der Waals surface area contributed by atoms with Gasteiger partial charge < -0.3 is 4.42 Å². The first-order chi connectivity index (χ1) is 11.1. The van der Waals surface area contributed by atoms with Gasteiger partial charge in [-0.05, 0) is 31.2 Å². The second kappa shape index (κ2) is 6.59. The summed E-state index contributed by atoms with van der Waals surface area (Å²) in [5.41, 5.74) is 2.06. The van der Waals surface area contributed by atoms with Crippen LogP contribution in [0.25, 0.3) is 23.0 Å². The minimum absolute atomic E-state index is 0.440. The van der Waals surface area contributed by atoms with E-state index in [-0.39, 0.29) is 0 Å². The number of aryl methyl sites for hydroxylation is 1. The van der Waals surface area contributed by atoms with Gasteiger partial charge in [0.05, 0.1) is 15.6 Å². The Morgan fingerprint density at radius 2 is 2.13 bits per heavy atom. The van der Waals surface area contributed by atoms with E-state index in [1.807, 2.05) is 18.4 Å². The first-order valence-electron chi connectivity index (χ1n) is 6.67. The number of aromatic nitrogens is 1. The van der Waals surface area contributed by atoms with Gasteiger partial charge in [-0.15, -0.1) is 11.3 Å². The van der Waals surface area contributed by atoms with Crippen molar-refractivity contribution in [1.29, 1.82) is 5.26 Å². The summed E-state index contributed by atoms with van der Waals surface area (Å²) in [6.07, 6.45) is 1.67. The first-order valence-corrected chi connectivity index (χ1v) is 8.30. The molecule has 0 saturated carbocycles. The highest BCUT2D eigenvalue weighted by Crippen LogP contribution is 2.35. The number of thiazole rings is 1. The average Bonchev–Trinajstić information content (AvgIpc) is 3.17. The second-order valence-corrected chi connectivity index (χ2v) is 6.41. The van der Waals surface area contributed by atoms with Crippen molar-refractivity contribution in [2.75, 3.05) is 0 Å². The molecule has 23 heavy (non-hydrogen) atoms. The molecule has 0 bridgehead atoms. The molecule has 0 unspecified atom stereocenters. The summed E-state index contributed by atoms with van der Waals surface area (Å²) in [7, 11) is 0. The van der Waals surface area contributed by atoms with E-state index < -0.39 is 0 Å². The predicted molar refractivity (Wildman–Crippen MR) is 94.5 cm³/mol. The third-order valence-corrected chi connectivity index (χ3v) is 4.91. The molecule has 2 heterocycles. The van der Waals surface area contributed by atoms with Gasteiger partial charge in [-0.3, -0.25) is 0 Å². The van der Waals surface area contributed by atoms with Gasteiger partial charge in [-0.1, -0.05) is 29.3 Å². The Balaban J connectivity index is 1.97. The number of rotatable bonds is 3.